The van der Waals surface area contributed by atoms with Crippen molar-refractivity contribution in [3.8, 4) is 0 Å². The minimum atomic E-state index is -1.24. The predicted molar refractivity (Wildman–Crippen MR) is 10.9 cm³/mol. The average Bonchev–Trinajstić information content (AvgIpc) is 1.37. The van der Waals surface area contributed by atoms with Crippen LogP contribution in [0.4, 0.5) is 0 Å². The van der Waals surface area contributed by atoms with Gasteiger partial charge in [0.2, 0.25) is 0 Å². The zero-order valence-corrected chi connectivity index (χ0v) is 5.70. The molecule has 0 bridgehead atoms. The van der Waals surface area contributed by atoms with Crippen LogP contribution in [0.2, 0.25) is 0 Å². The summed E-state index contributed by atoms with van der Waals surface area (Å²) in [6.07, 6.45) is 0. The van der Waals surface area contributed by atoms with Crippen molar-refractivity contribution in [2.75, 3.05) is 0 Å². The number of hydrogen-bond acceptors (Lipinski definition) is 1. The number of rotatable bonds is 0. The summed E-state index contributed by atoms with van der Waals surface area (Å²) < 4.78 is 2.69. The molecule has 0 aromatic heterocycles. The van der Waals surface area contributed by atoms with Gasteiger partial charge in [0.15, 0.2) is 0 Å². The van der Waals surface area contributed by atoms with Crippen LogP contribution in [0.25, 0.3) is 3.72 Å². The average molecular weight is 129 g/mol. The fourth-order valence-corrected chi connectivity index (χ4v) is 0. The molecule has 0 N–H and O–H groups in total. The Morgan fingerprint density at radius 3 is 2.25 bits per heavy atom. The first-order chi connectivity index (χ1) is 1.91. The van der Waals surface area contributed by atoms with Crippen LogP contribution in [-0.2, 0) is 16.4 Å². The van der Waals surface area contributed by atoms with Gasteiger partial charge in [-0.3, -0.25) is 0 Å². The van der Waals surface area contributed by atoms with Gasteiger partial charge in [0, 0.05) is 0 Å². The van der Waals surface area contributed by atoms with Gasteiger partial charge < -0.3 is 0 Å². The van der Waals surface area contributed by atoms with Gasteiger partial charge in [-0.2, -0.15) is 0 Å². The molecule has 4 heavy (non-hydrogen) atoms. The first-order valence-electron chi connectivity index (χ1n) is 0.783. The molecule has 0 radical (unpaired) electrons. The molecule has 0 heterocycles. The van der Waals surface area contributed by atoms with Crippen molar-refractivity contribution in [3.63, 3.8) is 0 Å². The summed E-state index contributed by atoms with van der Waals surface area (Å²) in [4.78, 5) is 0. The number of nitrogens with zero attached hydrogens (tertiary/aromatic N) is 2. The normalized spacial score (nSPS) is 3.00. The molecule has 0 amide bonds. The van der Waals surface area contributed by atoms with Crippen molar-refractivity contribution in [2.45, 2.75) is 0 Å². The van der Waals surface area contributed by atoms with E-state index in [1.807, 2.05) is 0 Å². The molecule has 0 aromatic carbocycles. The van der Waals surface area contributed by atoms with Gasteiger partial charge in [-0.05, 0) is 0 Å². The second-order valence-electron chi connectivity index (χ2n) is 0.261. The van der Waals surface area contributed by atoms with Crippen LogP contribution in [0.15, 0.2) is 0 Å². The predicted octanol–water partition coefficient (Wildman–Crippen LogP) is 0.991. The molecule has 0 aliphatic carbocycles. The van der Waals surface area contributed by atoms with Crippen molar-refractivity contribution in [1.82, 2.24) is 0 Å². The Balaban J connectivity index is 2.43. The second-order valence-corrected chi connectivity index (χ2v) is 2.60. The second kappa shape index (κ2) is 3.33. The molecule has 0 unspecified atom stereocenters. The molecule has 0 saturated carbocycles. The first-order valence-corrected chi connectivity index (χ1v) is 6.01. The molecule has 0 saturated heterocycles. The van der Waals surface area contributed by atoms with Crippen LogP contribution in [0.1, 0.15) is 0 Å². The molecule has 0 aliphatic rings. The summed E-state index contributed by atoms with van der Waals surface area (Å²) >= 11 is -1.24. The van der Waals surface area contributed by atoms with E-state index in [2.05, 4.69) is 3.72 Å². The monoisotopic (exact) mass is 127 g/mol. The minimum absolute atomic E-state index is 1.24. The quantitative estimate of drug-likeness (QED) is 0.354. The number of diazo groups is 1. The number of hydrogen-bond donors (Lipinski definition) is 0. The first kappa shape index (κ1) is 4.33. The van der Waals surface area contributed by atoms with Crippen molar-refractivity contribution in [1.29, 1.82) is 5.39 Å². The van der Waals surface area contributed by atoms with Gasteiger partial charge in [0.25, 0.3) is 0 Å². The van der Waals surface area contributed by atoms with Gasteiger partial charge >= 0.3 is 35.2 Å². The maximum atomic E-state index is 7.45. The van der Waals surface area contributed by atoms with E-state index in [0.29, 0.717) is 0 Å². The van der Waals surface area contributed by atoms with E-state index in [0.717, 1.165) is 0 Å². The molecule has 0 aromatic rings. The zero-order valence-electron chi connectivity index (χ0n) is 1.98. The molecular formula is ClN2Zn+. The summed E-state index contributed by atoms with van der Waals surface area (Å²) in [5, 5.41) is 7.45. The van der Waals surface area contributed by atoms with Crippen LogP contribution in [0.5, 0.6) is 0 Å². The SMILES string of the molecule is N#[N+][Zn][Cl]. The zero-order chi connectivity index (χ0) is 3.41. The Kier molecular flexibility index (Phi) is 3.61. The third-order valence-electron chi connectivity index (χ3n) is 0.0535. The fraction of sp³-hybridized carbons (Fsp3) is 0. The molecule has 0 aliphatic heterocycles. The molecule has 0 fully saturated rings. The number of halogens is 1. The van der Waals surface area contributed by atoms with E-state index < -0.39 is 16.4 Å². The standard InChI is InChI=1S/ClH.N2.Zn/c;1-2;/h1H;;/q;;+2/p-1. The summed E-state index contributed by atoms with van der Waals surface area (Å²) in [5.41, 5.74) is 0. The molecule has 2 nitrogen and oxygen atoms in total. The Hall–Kier alpha value is 0.333. The van der Waals surface area contributed by atoms with Gasteiger partial charge in [-0.1, -0.05) is 0 Å². The summed E-state index contributed by atoms with van der Waals surface area (Å²) in [5.74, 6) is 0. The van der Waals surface area contributed by atoms with Crippen molar-refractivity contribution in [2.24, 2.45) is 0 Å². The van der Waals surface area contributed by atoms with E-state index in [1.165, 1.54) is 0 Å². The van der Waals surface area contributed by atoms with E-state index in [4.69, 9.17) is 15.1 Å². The van der Waals surface area contributed by atoms with Crippen LogP contribution in [-0.4, -0.2) is 0 Å². The molecule has 18 valence electrons. The van der Waals surface area contributed by atoms with Crippen molar-refractivity contribution < 1.29 is 16.4 Å². The molecule has 0 atom stereocenters. The summed E-state index contributed by atoms with van der Waals surface area (Å²) in [7, 11) is 4.96. The Labute approximate surface area is 35.7 Å². The molecule has 0 rings (SSSR count). The summed E-state index contributed by atoms with van der Waals surface area (Å²) in [6, 6.07) is 0. The van der Waals surface area contributed by atoms with E-state index in [9.17, 15) is 0 Å². The Morgan fingerprint density at radius 1 is 2.00 bits per heavy atom. The van der Waals surface area contributed by atoms with E-state index in [-0.39, 0.29) is 0 Å². The Bertz CT molecular complexity index is 35.8. The van der Waals surface area contributed by atoms with E-state index >= 15 is 0 Å². The van der Waals surface area contributed by atoms with Gasteiger partial charge in [-0.15, -0.1) is 0 Å². The molecule has 0 spiro atoms. The van der Waals surface area contributed by atoms with Crippen molar-refractivity contribution in [3.05, 3.63) is 3.72 Å². The van der Waals surface area contributed by atoms with E-state index in [1.54, 1.807) is 0 Å². The topological polar surface area (TPSA) is 28.1 Å². The fourth-order valence-electron chi connectivity index (χ4n) is 0. The Morgan fingerprint density at radius 2 is 2.25 bits per heavy atom. The summed E-state index contributed by atoms with van der Waals surface area (Å²) in [6.45, 7) is 0. The van der Waals surface area contributed by atoms with Crippen molar-refractivity contribution >= 4 is 9.69 Å². The van der Waals surface area contributed by atoms with Crippen LogP contribution in [0.3, 0.4) is 0 Å². The maximum absolute atomic E-state index is 7.45. The third-order valence-corrected chi connectivity index (χ3v) is 0.833. The van der Waals surface area contributed by atoms with Crippen LogP contribution >= 0.6 is 9.69 Å². The third kappa shape index (κ3) is 2.33. The van der Waals surface area contributed by atoms with Gasteiger partial charge in [0.1, 0.15) is 0 Å². The van der Waals surface area contributed by atoms with Crippen LogP contribution in [0, 0.1) is 5.39 Å². The molecule has 4 heteroatoms. The van der Waals surface area contributed by atoms with Crippen LogP contribution < -0.4 is 0 Å². The van der Waals surface area contributed by atoms with Gasteiger partial charge in [0.05, 0.1) is 0 Å². The van der Waals surface area contributed by atoms with Gasteiger partial charge in [-0.25, -0.2) is 0 Å². The molecular weight excluding hydrogens is 129 g/mol.